The van der Waals surface area contributed by atoms with Gasteiger partial charge in [0.05, 0.1) is 0 Å². The van der Waals surface area contributed by atoms with Crippen LogP contribution in [0, 0.1) is 17.8 Å². The first-order chi connectivity index (χ1) is 9.34. The molecule has 1 aliphatic heterocycles. The summed E-state index contributed by atoms with van der Waals surface area (Å²) < 4.78 is 0. The van der Waals surface area contributed by atoms with Crippen LogP contribution in [0.5, 0.6) is 0 Å². The third-order valence-electron chi connectivity index (χ3n) is 5.54. The van der Waals surface area contributed by atoms with E-state index >= 15 is 0 Å². The largest absolute Gasteiger partial charge is 0.341 e. The average Bonchev–Trinajstić information content (AvgIpc) is 2.75. The zero-order valence-electron chi connectivity index (χ0n) is 12.1. The quantitative estimate of drug-likeness (QED) is 0.789. The minimum atomic E-state index is 0.345. The van der Waals surface area contributed by atoms with Crippen LogP contribution in [0.4, 0.5) is 0 Å². The Balaban J connectivity index is 1.57. The Hall–Kier alpha value is -0.570. The van der Waals surface area contributed by atoms with Crippen LogP contribution >= 0.6 is 0 Å². The summed E-state index contributed by atoms with van der Waals surface area (Å²) >= 11 is 0. The van der Waals surface area contributed by atoms with Gasteiger partial charge in [-0.25, -0.2) is 0 Å². The summed E-state index contributed by atoms with van der Waals surface area (Å²) in [5.74, 6) is 2.62. The molecule has 108 valence electrons. The third kappa shape index (κ3) is 3.13. The molecule has 3 nitrogen and oxygen atoms in total. The van der Waals surface area contributed by atoms with E-state index in [1.807, 2.05) is 0 Å². The molecule has 2 aliphatic carbocycles. The lowest BCUT2D eigenvalue weighted by Crippen LogP contribution is -2.41. The van der Waals surface area contributed by atoms with Gasteiger partial charge in [-0.2, -0.15) is 0 Å². The number of nitrogens with one attached hydrogen (secondary N) is 1. The maximum absolute atomic E-state index is 12.7. The summed E-state index contributed by atoms with van der Waals surface area (Å²) in [6.07, 6.45) is 10.4. The summed E-state index contributed by atoms with van der Waals surface area (Å²) in [4.78, 5) is 14.8. The van der Waals surface area contributed by atoms with Crippen LogP contribution < -0.4 is 5.32 Å². The number of hydrogen-bond acceptors (Lipinski definition) is 2. The Morgan fingerprint density at radius 2 is 1.74 bits per heavy atom. The molecule has 3 rings (SSSR count). The smallest absolute Gasteiger partial charge is 0.225 e. The van der Waals surface area contributed by atoms with E-state index in [4.69, 9.17) is 0 Å². The number of carbonyl (C=O) groups excluding carboxylic acids is 1. The van der Waals surface area contributed by atoms with E-state index in [0.29, 0.717) is 11.8 Å². The Kier molecular flexibility index (Phi) is 4.42. The highest BCUT2D eigenvalue weighted by molar-refractivity contribution is 5.79. The fraction of sp³-hybridized carbons (Fsp3) is 0.938. The molecule has 0 aromatic heterocycles. The van der Waals surface area contributed by atoms with Crippen LogP contribution in [-0.2, 0) is 4.79 Å². The Morgan fingerprint density at radius 3 is 2.63 bits per heavy atom. The van der Waals surface area contributed by atoms with Gasteiger partial charge < -0.3 is 10.2 Å². The molecule has 0 bridgehead atoms. The van der Waals surface area contributed by atoms with Crippen molar-refractivity contribution in [3.05, 3.63) is 0 Å². The van der Waals surface area contributed by atoms with Gasteiger partial charge in [-0.05, 0) is 44.1 Å². The molecule has 0 radical (unpaired) electrons. The number of rotatable bonds is 1. The second-order valence-corrected chi connectivity index (χ2v) is 6.74. The molecule has 3 fully saturated rings. The van der Waals surface area contributed by atoms with Gasteiger partial charge in [-0.3, -0.25) is 4.79 Å². The highest BCUT2D eigenvalue weighted by Crippen LogP contribution is 2.43. The van der Waals surface area contributed by atoms with Crippen LogP contribution in [-0.4, -0.2) is 37.0 Å². The van der Waals surface area contributed by atoms with E-state index in [2.05, 4.69) is 10.2 Å². The predicted octanol–water partition coefficient (Wildman–Crippen LogP) is 2.41. The molecule has 19 heavy (non-hydrogen) atoms. The van der Waals surface area contributed by atoms with Gasteiger partial charge in [0, 0.05) is 25.6 Å². The van der Waals surface area contributed by atoms with Crippen molar-refractivity contribution in [3.8, 4) is 0 Å². The lowest BCUT2D eigenvalue weighted by atomic mass is 9.67. The van der Waals surface area contributed by atoms with Gasteiger partial charge >= 0.3 is 0 Å². The van der Waals surface area contributed by atoms with Gasteiger partial charge in [0.15, 0.2) is 0 Å². The number of fused-ring (bicyclic) bond motifs is 1. The average molecular weight is 264 g/mol. The molecular weight excluding hydrogens is 236 g/mol. The van der Waals surface area contributed by atoms with Crippen molar-refractivity contribution in [1.29, 1.82) is 0 Å². The van der Waals surface area contributed by atoms with E-state index in [1.54, 1.807) is 0 Å². The predicted molar refractivity (Wildman–Crippen MR) is 76.9 cm³/mol. The van der Waals surface area contributed by atoms with Crippen molar-refractivity contribution in [2.45, 2.75) is 51.4 Å². The first-order valence-corrected chi connectivity index (χ1v) is 8.34. The van der Waals surface area contributed by atoms with Crippen molar-refractivity contribution in [2.24, 2.45) is 17.8 Å². The molecule has 1 amide bonds. The zero-order valence-corrected chi connectivity index (χ0v) is 12.1. The van der Waals surface area contributed by atoms with Crippen molar-refractivity contribution in [1.82, 2.24) is 10.2 Å². The maximum atomic E-state index is 12.7. The van der Waals surface area contributed by atoms with Gasteiger partial charge in [0.25, 0.3) is 0 Å². The van der Waals surface area contributed by atoms with E-state index < -0.39 is 0 Å². The highest BCUT2D eigenvalue weighted by atomic mass is 16.2. The first-order valence-electron chi connectivity index (χ1n) is 8.34. The summed E-state index contributed by atoms with van der Waals surface area (Å²) in [6.45, 7) is 3.93. The fourth-order valence-corrected chi connectivity index (χ4v) is 4.42. The van der Waals surface area contributed by atoms with Crippen LogP contribution in [0.25, 0.3) is 0 Å². The zero-order chi connectivity index (χ0) is 13.1. The van der Waals surface area contributed by atoms with Crippen molar-refractivity contribution < 1.29 is 4.79 Å². The van der Waals surface area contributed by atoms with E-state index in [9.17, 15) is 4.79 Å². The topological polar surface area (TPSA) is 32.3 Å². The Labute approximate surface area is 117 Å². The molecule has 1 N–H and O–H groups in total. The van der Waals surface area contributed by atoms with E-state index in [-0.39, 0.29) is 0 Å². The summed E-state index contributed by atoms with van der Waals surface area (Å²) in [5.41, 5.74) is 0. The normalized spacial score (nSPS) is 36.4. The molecule has 2 saturated carbocycles. The molecule has 0 aromatic carbocycles. The van der Waals surface area contributed by atoms with Crippen molar-refractivity contribution >= 4 is 5.91 Å². The third-order valence-corrected chi connectivity index (χ3v) is 5.54. The molecule has 3 unspecified atom stereocenters. The summed E-state index contributed by atoms with van der Waals surface area (Å²) in [6, 6.07) is 0. The second kappa shape index (κ2) is 6.25. The monoisotopic (exact) mass is 264 g/mol. The van der Waals surface area contributed by atoms with Crippen molar-refractivity contribution in [3.63, 3.8) is 0 Å². The summed E-state index contributed by atoms with van der Waals surface area (Å²) in [5, 5.41) is 3.39. The van der Waals surface area contributed by atoms with E-state index in [1.165, 1.54) is 38.5 Å². The molecule has 0 spiro atoms. The number of amides is 1. The minimum absolute atomic E-state index is 0.345. The molecule has 3 atom stereocenters. The maximum Gasteiger partial charge on any atom is 0.225 e. The standard InChI is InChI=1S/C16H28N2O/c19-16(18-10-3-8-17-9-11-18)15-7-6-13-4-1-2-5-14(13)12-15/h13-15,17H,1-12H2. The number of nitrogens with zero attached hydrogens (tertiary/aromatic N) is 1. The Bertz CT molecular complexity index is 310. The van der Waals surface area contributed by atoms with Crippen molar-refractivity contribution in [2.75, 3.05) is 26.2 Å². The van der Waals surface area contributed by atoms with Crippen LogP contribution in [0.1, 0.15) is 51.4 Å². The SMILES string of the molecule is O=C(C1CCC2CCCCC2C1)N1CCCNCC1. The van der Waals surface area contributed by atoms with Gasteiger partial charge in [0.2, 0.25) is 5.91 Å². The highest BCUT2D eigenvalue weighted by Gasteiger charge is 2.36. The molecule has 1 heterocycles. The lowest BCUT2D eigenvalue weighted by molar-refractivity contribution is -0.137. The molecule has 3 aliphatic rings. The number of carbonyl (C=O) groups is 1. The van der Waals surface area contributed by atoms with Crippen LogP contribution in [0.15, 0.2) is 0 Å². The van der Waals surface area contributed by atoms with Gasteiger partial charge in [-0.1, -0.05) is 25.7 Å². The Morgan fingerprint density at radius 1 is 0.895 bits per heavy atom. The van der Waals surface area contributed by atoms with Gasteiger partial charge in [-0.15, -0.1) is 0 Å². The first kappa shape index (κ1) is 13.4. The number of hydrogen-bond donors (Lipinski definition) is 1. The van der Waals surface area contributed by atoms with Crippen LogP contribution in [0.2, 0.25) is 0 Å². The van der Waals surface area contributed by atoms with Gasteiger partial charge in [0.1, 0.15) is 0 Å². The molecule has 0 aromatic rings. The fourth-order valence-electron chi connectivity index (χ4n) is 4.42. The molecule has 1 saturated heterocycles. The summed E-state index contributed by atoms with van der Waals surface area (Å²) in [7, 11) is 0. The molecule has 3 heteroatoms. The minimum Gasteiger partial charge on any atom is -0.341 e. The lowest BCUT2D eigenvalue weighted by Gasteiger charge is -2.40. The van der Waals surface area contributed by atoms with E-state index in [0.717, 1.165) is 50.9 Å². The molecular formula is C16H28N2O. The van der Waals surface area contributed by atoms with Crippen LogP contribution in [0.3, 0.4) is 0 Å². The second-order valence-electron chi connectivity index (χ2n) is 6.74.